The third-order valence-corrected chi connectivity index (χ3v) is 4.19. The molecule has 0 aliphatic carbocycles. The van der Waals surface area contributed by atoms with Gasteiger partial charge in [0.1, 0.15) is 20.0 Å². The van der Waals surface area contributed by atoms with Gasteiger partial charge in [-0.2, -0.15) is 15.0 Å². The average Bonchev–Trinajstić information content (AvgIpc) is 2.74. The molecule has 0 unspecified atom stereocenters. The highest BCUT2D eigenvalue weighted by Crippen LogP contribution is 2.45. The van der Waals surface area contributed by atoms with Crippen LogP contribution in [0.2, 0.25) is 0 Å². The minimum Gasteiger partial charge on any atom is -0.258 e. The molecule has 1 heterocycles. The number of nitrogens with zero attached hydrogens (tertiary/aromatic N) is 5. The maximum absolute atomic E-state index is 11.2. The second kappa shape index (κ2) is 5.54. The molecule has 2 rings (SSSR count). The van der Waals surface area contributed by atoms with Crippen molar-refractivity contribution in [2.24, 2.45) is 5.41 Å². The lowest BCUT2D eigenvalue weighted by Gasteiger charge is -2.16. The van der Waals surface area contributed by atoms with Crippen molar-refractivity contribution < 1.29 is 9.85 Å². The maximum atomic E-state index is 11.2. The van der Waals surface area contributed by atoms with E-state index < -0.39 is 21.2 Å². The maximum Gasteiger partial charge on any atom is 0.363 e. The number of fused-ring (bicyclic) bond motifs is 1. The summed E-state index contributed by atoms with van der Waals surface area (Å²) in [5.41, 5.74) is -1.01. The topological polar surface area (TPSA) is 117 Å². The van der Waals surface area contributed by atoms with Gasteiger partial charge in [-0.25, -0.2) is 0 Å². The molecule has 0 fully saturated rings. The third kappa shape index (κ3) is 2.95. The van der Waals surface area contributed by atoms with E-state index >= 15 is 0 Å². The molecular formula is C11H11Br2N5O4. The molecule has 0 saturated carbocycles. The van der Waals surface area contributed by atoms with Crippen molar-refractivity contribution in [3.63, 3.8) is 0 Å². The molecule has 0 bridgehead atoms. The number of nitro benzene ring substituents is 2. The van der Waals surface area contributed by atoms with Gasteiger partial charge in [-0.3, -0.25) is 20.2 Å². The molecule has 0 aliphatic heterocycles. The summed E-state index contributed by atoms with van der Waals surface area (Å²) >= 11 is 6.09. The monoisotopic (exact) mass is 435 g/mol. The molecule has 0 atom stereocenters. The van der Waals surface area contributed by atoms with E-state index in [0.29, 0.717) is 6.54 Å². The molecule has 9 nitrogen and oxygen atoms in total. The van der Waals surface area contributed by atoms with Gasteiger partial charge < -0.3 is 0 Å². The van der Waals surface area contributed by atoms with Crippen LogP contribution in [0.5, 0.6) is 0 Å². The first kappa shape index (κ1) is 16.7. The average molecular weight is 437 g/mol. The Morgan fingerprint density at radius 1 is 1.00 bits per heavy atom. The number of hydrogen-bond donors (Lipinski definition) is 0. The Balaban J connectivity index is 2.82. The minimum atomic E-state index is -0.810. The van der Waals surface area contributed by atoms with Crippen molar-refractivity contribution in [1.82, 2.24) is 15.0 Å². The molecule has 11 heteroatoms. The van der Waals surface area contributed by atoms with Gasteiger partial charge in [0.15, 0.2) is 0 Å². The SMILES string of the molecule is CC(C)(C)Cn1nc2c(Br)c([N+](=O)[O-])c([N+](=O)[O-])c(Br)c2n1. The Kier molecular flexibility index (Phi) is 4.22. The Labute approximate surface area is 141 Å². The van der Waals surface area contributed by atoms with Crippen molar-refractivity contribution in [2.75, 3.05) is 0 Å². The molecule has 0 spiro atoms. The smallest absolute Gasteiger partial charge is 0.258 e. The van der Waals surface area contributed by atoms with Crippen molar-refractivity contribution >= 4 is 54.3 Å². The third-order valence-electron chi connectivity index (χ3n) is 2.69. The molecular weight excluding hydrogens is 426 g/mol. The number of nitro groups is 2. The van der Waals surface area contributed by atoms with Gasteiger partial charge in [0.05, 0.1) is 16.4 Å². The van der Waals surface area contributed by atoms with Gasteiger partial charge in [0.25, 0.3) is 0 Å². The zero-order chi connectivity index (χ0) is 16.8. The molecule has 1 aromatic heterocycles. The fraction of sp³-hybridized carbons (Fsp3) is 0.455. The van der Waals surface area contributed by atoms with Crippen LogP contribution >= 0.6 is 31.9 Å². The molecule has 2 aromatic rings. The van der Waals surface area contributed by atoms with E-state index in [1.807, 2.05) is 20.8 Å². The summed E-state index contributed by atoms with van der Waals surface area (Å²) in [5.74, 6) is 0. The summed E-state index contributed by atoms with van der Waals surface area (Å²) in [6, 6.07) is 0. The summed E-state index contributed by atoms with van der Waals surface area (Å²) in [6.45, 7) is 6.41. The Morgan fingerprint density at radius 2 is 1.36 bits per heavy atom. The second-order valence-corrected chi connectivity index (χ2v) is 7.41. The van der Waals surface area contributed by atoms with E-state index in [1.54, 1.807) is 0 Å². The number of hydrogen-bond acceptors (Lipinski definition) is 6. The molecule has 0 aliphatic rings. The van der Waals surface area contributed by atoms with Crippen molar-refractivity contribution in [3.05, 3.63) is 29.2 Å². The molecule has 22 heavy (non-hydrogen) atoms. The normalized spacial score (nSPS) is 11.9. The molecule has 0 N–H and O–H groups in total. The second-order valence-electron chi connectivity index (χ2n) is 5.83. The van der Waals surface area contributed by atoms with Gasteiger partial charge in [-0.05, 0) is 37.3 Å². The van der Waals surface area contributed by atoms with Gasteiger partial charge in [-0.15, -0.1) is 0 Å². The summed E-state index contributed by atoms with van der Waals surface area (Å²) in [4.78, 5) is 22.1. The van der Waals surface area contributed by atoms with Gasteiger partial charge in [-0.1, -0.05) is 20.8 Å². The van der Waals surface area contributed by atoms with Crippen LogP contribution in [0.1, 0.15) is 20.8 Å². The van der Waals surface area contributed by atoms with Crippen LogP contribution in [0.15, 0.2) is 8.95 Å². The predicted octanol–water partition coefficient (Wildman–Crippen LogP) is 3.82. The minimum absolute atomic E-state index is 0.0532. The van der Waals surface area contributed by atoms with Crippen LogP contribution in [0.4, 0.5) is 11.4 Å². The Bertz CT molecular complexity index is 739. The number of rotatable bonds is 3. The molecule has 0 amide bonds. The quantitative estimate of drug-likeness (QED) is 0.533. The first-order valence-electron chi connectivity index (χ1n) is 6.07. The van der Waals surface area contributed by atoms with Crippen LogP contribution < -0.4 is 0 Å². The highest BCUT2D eigenvalue weighted by Gasteiger charge is 2.36. The zero-order valence-corrected chi connectivity index (χ0v) is 15.0. The Hall–Kier alpha value is -1.62. The van der Waals surface area contributed by atoms with E-state index in [1.165, 1.54) is 4.80 Å². The van der Waals surface area contributed by atoms with E-state index in [-0.39, 0.29) is 25.4 Å². The standard InChI is InChI=1S/C11H11Br2N5O4/c1-11(2,3)4-16-14-7-5(12)9(17(19)20)10(18(21)22)6(13)8(7)15-16/h4H2,1-3H3. The first-order valence-corrected chi connectivity index (χ1v) is 7.66. The van der Waals surface area contributed by atoms with Crippen molar-refractivity contribution in [1.29, 1.82) is 0 Å². The van der Waals surface area contributed by atoms with Crippen LogP contribution in [-0.2, 0) is 6.54 Å². The summed E-state index contributed by atoms with van der Waals surface area (Å²) in [7, 11) is 0. The largest absolute Gasteiger partial charge is 0.363 e. The van der Waals surface area contributed by atoms with Gasteiger partial charge >= 0.3 is 11.4 Å². The van der Waals surface area contributed by atoms with Crippen LogP contribution in [0.25, 0.3) is 11.0 Å². The molecule has 118 valence electrons. The predicted molar refractivity (Wildman–Crippen MR) is 85.7 cm³/mol. The number of halogens is 2. The van der Waals surface area contributed by atoms with Gasteiger partial charge in [0, 0.05) is 0 Å². The lowest BCUT2D eigenvalue weighted by molar-refractivity contribution is -0.423. The van der Waals surface area contributed by atoms with Gasteiger partial charge in [0.2, 0.25) is 0 Å². The van der Waals surface area contributed by atoms with Crippen LogP contribution in [0, 0.1) is 25.6 Å². The molecule has 1 aromatic carbocycles. The summed E-state index contributed by atoms with van der Waals surface area (Å²) < 4.78 is -0.106. The van der Waals surface area contributed by atoms with E-state index in [2.05, 4.69) is 42.1 Å². The van der Waals surface area contributed by atoms with Crippen LogP contribution in [-0.4, -0.2) is 24.8 Å². The van der Waals surface area contributed by atoms with Crippen molar-refractivity contribution in [3.8, 4) is 0 Å². The fourth-order valence-corrected chi connectivity index (χ4v) is 3.10. The van der Waals surface area contributed by atoms with E-state index in [9.17, 15) is 20.2 Å². The van der Waals surface area contributed by atoms with E-state index in [4.69, 9.17) is 0 Å². The Morgan fingerprint density at radius 3 is 1.64 bits per heavy atom. The number of aromatic nitrogens is 3. The molecule has 0 radical (unpaired) electrons. The summed E-state index contributed by atoms with van der Waals surface area (Å²) in [5, 5.41) is 30.8. The number of benzene rings is 1. The zero-order valence-electron chi connectivity index (χ0n) is 11.8. The fourth-order valence-electron chi connectivity index (χ4n) is 1.90. The molecule has 0 saturated heterocycles. The summed E-state index contributed by atoms with van der Waals surface area (Å²) in [6.07, 6.45) is 0. The van der Waals surface area contributed by atoms with Crippen molar-refractivity contribution in [2.45, 2.75) is 27.3 Å². The lowest BCUT2D eigenvalue weighted by Crippen LogP contribution is -2.17. The first-order chi connectivity index (χ1) is 10.0. The van der Waals surface area contributed by atoms with Crippen LogP contribution in [0.3, 0.4) is 0 Å². The lowest BCUT2D eigenvalue weighted by atomic mass is 9.97. The highest BCUT2D eigenvalue weighted by molar-refractivity contribution is 9.11. The highest BCUT2D eigenvalue weighted by atomic mass is 79.9. The van der Waals surface area contributed by atoms with E-state index in [0.717, 1.165) is 0 Å².